The SMILES string of the molecule is C=Cc1ccc(-c2ccc(N(c3ccccc3)c3ccc(-c4ccc5c(c4)-c4cccc6cccc(c46)N5c4ccc5ccc6ccccc6c5c4)cc3)cc2)cc1. The molecule has 11 rings (SSSR count). The van der Waals surface area contributed by atoms with Crippen molar-refractivity contribution in [1.82, 2.24) is 0 Å². The molecule has 1 aliphatic heterocycles. The zero-order valence-electron chi connectivity index (χ0n) is 31.9. The summed E-state index contributed by atoms with van der Waals surface area (Å²) in [6, 6.07) is 77.4. The van der Waals surface area contributed by atoms with Crippen LogP contribution in [0.4, 0.5) is 34.1 Å². The normalized spacial score (nSPS) is 11.8. The van der Waals surface area contributed by atoms with Crippen molar-refractivity contribution in [1.29, 1.82) is 0 Å². The average Bonchev–Trinajstić information content (AvgIpc) is 3.30. The van der Waals surface area contributed by atoms with Crippen LogP contribution in [0.3, 0.4) is 0 Å². The van der Waals surface area contributed by atoms with Crippen LogP contribution in [-0.4, -0.2) is 0 Å². The van der Waals surface area contributed by atoms with Crippen molar-refractivity contribution in [2.24, 2.45) is 0 Å². The van der Waals surface area contributed by atoms with E-state index in [1.165, 1.54) is 77.1 Å². The lowest BCUT2D eigenvalue weighted by Crippen LogP contribution is -2.15. The van der Waals surface area contributed by atoms with Gasteiger partial charge in [-0.15, -0.1) is 0 Å². The van der Waals surface area contributed by atoms with Gasteiger partial charge in [0, 0.05) is 33.7 Å². The standard InChI is InChI=1S/C56H38N2/c1-2-38-18-20-39(21-19-38)40-24-30-47(31-25-40)57(46-13-4-3-5-14-46)48-32-26-41(27-33-48)45-29-35-54-53(36-45)51-16-8-11-44-12-9-17-55(56(44)51)58(54)49-34-28-43-23-22-42-10-6-7-15-50(42)52(43)37-49/h2-37H,1H2. The lowest BCUT2D eigenvalue weighted by atomic mass is 9.88. The lowest BCUT2D eigenvalue weighted by molar-refractivity contribution is 1.28. The highest BCUT2D eigenvalue weighted by molar-refractivity contribution is 6.15. The van der Waals surface area contributed by atoms with Crippen LogP contribution in [0, 0.1) is 0 Å². The third-order valence-corrected chi connectivity index (χ3v) is 11.7. The Kier molecular flexibility index (Phi) is 8.01. The van der Waals surface area contributed by atoms with E-state index in [0.717, 1.165) is 28.3 Å². The van der Waals surface area contributed by atoms with Crippen LogP contribution in [0.15, 0.2) is 219 Å². The molecule has 0 aliphatic carbocycles. The summed E-state index contributed by atoms with van der Waals surface area (Å²) in [6.45, 7) is 3.90. The molecule has 0 spiro atoms. The Bertz CT molecular complexity index is 3160. The minimum Gasteiger partial charge on any atom is -0.311 e. The van der Waals surface area contributed by atoms with Crippen LogP contribution >= 0.6 is 0 Å². The first-order valence-electron chi connectivity index (χ1n) is 19.9. The first kappa shape index (κ1) is 33.6. The number of hydrogen-bond acceptors (Lipinski definition) is 2. The third kappa shape index (κ3) is 5.66. The van der Waals surface area contributed by atoms with Gasteiger partial charge in [0.25, 0.3) is 0 Å². The molecule has 10 aromatic carbocycles. The van der Waals surface area contributed by atoms with Crippen molar-refractivity contribution in [2.75, 3.05) is 9.80 Å². The van der Waals surface area contributed by atoms with Crippen molar-refractivity contribution in [3.8, 4) is 33.4 Å². The van der Waals surface area contributed by atoms with E-state index in [1.54, 1.807) is 0 Å². The minimum atomic E-state index is 1.10. The van der Waals surface area contributed by atoms with Gasteiger partial charge in [0.05, 0.1) is 11.4 Å². The van der Waals surface area contributed by atoms with Gasteiger partial charge in [-0.2, -0.15) is 0 Å². The summed E-state index contributed by atoms with van der Waals surface area (Å²) < 4.78 is 0. The Morgan fingerprint density at radius 1 is 0.379 bits per heavy atom. The monoisotopic (exact) mass is 738 g/mol. The second-order valence-electron chi connectivity index (χ2n) is 15.0. The van der Waals surface area contributed by atoms with Gasteiger partial charge in [-0.1, -0.05) is 158 Å². The van der Waals surface area contributed by atoms with Gasteiger partial charge < -0.3 is 9.80 Å². The van der Waals surface area contributed by atoms with Gasteiger partial charge in [-0.05, 0) is 127 Å². The molecule has 1 aliphatic rings. The highest BCUT2D eigenvalue weighted by Crippen LogP contribution is 2.52. The molecule has 2 nitrogen and oxygen atoms in total. The lowest BCUT2D eigenvalue weighted by Gasteiger charge is -2.34. The molecule has 2 heteroatoms. The van der Waals surface area contributed by atoms with Gasteiger partial charge in [0.2, 0.25) is 0 Å². The van der Waals surface area contributed by atoms with E-state index in [4.69, 9.17) is 0 Å². The summed E-state index contributed by atoms with van der Waals surface area (Å²) in [5.74, 6) is 0. The number of nitrogens with zero attached hydrogens (tertiary/aromatic N) is 2. The van der Waals surface area contributed by atoms with Crippen LogP contribution in [0.5, 0.6) is 0 Å². The van der Waals surface area contributed by atoms with Crippen LogP contribution in [0.25, 0.3) is 71.8 Å². The Labute approximate surface area is 338 Å². The maximum atomic E-state index is 3.90. The van der Waals surface area contributed by atoms with Crippen molar-refractivity contribution >= 4 is 72.5 Å². The fourth-order valence-corrected chi connectivity index (χ4v) is 8.84. The van der Waals surface area contributed by atoms with Crippen LogP contribution in [0.2, 0.25) is 0 Å². The average molecular weight is 739 g/mol. The first-order valence-corrected chi connectivity index (χ1v) is 19.9. The molecule has 0 saturated heterocycles. The second-order valence-corrected chi connectivity index (χ2v) is 15.0. The van der Waals surface area contributed by atoms with E-state index in [9.17, 15) is 0 Å². The van der Waals surface area contributed by atoms with Crippen LogP contribution < -0.4 is 9.80 Å². The highest BCUT2D eigenvalue weighted by atomic mass is 15.2. The predicted molar refractivity (Wildman–Crippen MR) is 248 cm³/mol. The van der Waals surface area contributed by atoms with Crippen LogP contribution in [-0.2, 0) is 0 Å². The minimum absolute atomic E-state index is 1.10. The Hall–Kier alpha value is -7.68. The van der Waals surface area contributed by atoms with Gasteiger partial charge in [-0.25, -0.2) is 0 Å². The Balaban J connectivity index is 0.989. The van der Waals surface area contributed by atoms with Gasteiger partial charge in [0.1, 0.15) is 0 Å². The number of anilines is 6. The fraction of sp³-hybridized carbons (Fsp3) is 0. The molecule has 10 aromatic rings. The molecule has 0 N–H and O–H groups in total. The first-order chi connectivity index (χ1) is 28.7. The molecule has 0 fully saturated rings. The summed E-state index contributed by atoms with van der Waals surface area (Å²) in [5, 5.41) is 7.56. The number of para-hydroxylation sites is 1. The van der Waals surface area contributed by atoms with Crippen molar-refractivity contribution < 1.29 is 0 Å². The molecular weight excluding hydrogens is 701 g/mol. The van der Waals surface area contributed by atoms with Gasteiger partial charge >= 0.3 is 0 Å². The van der Waals surface area contributed by atoms with Crippen LogP contribution in [0.1, 0.15) is 5.56 Å². The van der Waals surface area contributed by atoms with Crippen molar-refractivity contribution in [2.45, 2.75) is 0 Å². The van der Waals surface area contributed by atoms with E-state index in [-0.39, 0.29) is 0 Å². The molecule has 1 heterocycles. The molecule has 0 saturated carbocycles. The van der Waals surface area contributed by atoms with Crippen molar-refractivity contribution in [3.05, 3.63) is 224 Å². The van der Waals surface area contributed by atoms with E-state index in [0.29, 0.717) is 0 Å². The fourth-order valence-electron chi connectivity index (χ4n) is 8.84. The molecule has 0 amide bonds. The summed E-state index contributed by atoms with van der Waals surface area (Å²) in [6.07, 6.45) is 1.88. The second kappa shape index (κ2) is 13.8. The molecular formula is C56H38N2. The van der Waals surface area contributed by atoms with Gasteiger partial charge in [-0.3, -0.25) is 0 Å². The number of fused-ring (bicyclic) bond motifs is 5. The largest absolute Gasteiger partial charge is 0.311 e. The molecule has 0 radical (unpaired) electrons. The summed E-state index contributed by atoms with van der Waals surface area (Å²) in [4.78, 5) is 4.78. The molecule has 0 unspecified atom stereocenters. The quantitative estimate of drug-likeness (QED) is 0.150. The zero-order chi connectivity index (χ0) is 38.6. The van der Waals surface area contributed by atoms with E-state index < -0.39 is 0 Å². The Morgan fingerprint density at radius 3 is 1.67 bits per heavy atom. The summed E-state index contributed by atoms with van der Waals surface area (Å²) >= 11 is 0. The smallest absolute Gasteiger partial charge is 0.0546 e. The molecule has 0 aromatic heterocycles. The molecule has 272 valence electrons. The molecule has 58 heavy (non-hydrogen) atoms. The van der Waals surface area contributed by atoms with E-state index in [1.807, 2.05) is 6.08 Å². The third-order valence-electron chi connectivity index (χ3n) is 11.7. The number of hydrogen-bond donors (Lipinski definition) is 0. The summed E-state index contributed by atoms with van der Waals surface area (Å²) in [7, 11) is 0. The maximum absolute atomic E-state index is 3.90. The van der Waals surface area contributed by atoms with Gasteiger partial charge in [0.15, 0.2) is 0 Å². The van der Waals surface area contributed by atoms with E-state index in [2.05, 4.69) is 229 Å². The molecule has 0 bridgehead atoms. The zero-order valence-corrected chi connectivity index (χ0v) is 31.9. The van der Waals surface area contributed by atoms with E-state index >= 15 is 0 Å². The Morgan fingerprint density at radius 2 is 0.948 bits per heavy atom. The summed E-state index contributed by atoms with van der Waals surface area (Å²) in [5.41, 5.74) is 15.2. The maximum Gasteiger partial charge on any atom is 0.0546 e. The number of rotatable bonds is 7. The highest BCUT2D eigenvalue weighted by Gasteiger charge is 2.26. The number of benzene rings is 10. The predicted octanol–water partition coefficient (Wildman–Crippen LogP) is 16.0. The topological polar surface area (TPSA) is 6.48 Å². The van der Waals surface area contributed by atoms with Crippen molar-refractivity contribution in [3.63, 3.8) is 0 Å². The molecule has 0 atom stereocenters.